The number of aliphatic hydroxyl groups is 1. The van der Waals surface area contributed by atoms with Gasteiger partial charge < -0.3 is 14.6 Å². The second-order valence-electron chi connectivity index (χ2n) is 5.01. The van der Waals surface area contributed by atoms with Gasteiger partial charge >= 0.3 is 0 Å². The highest BCUT2D eigenvalue weighted by atomic mass is 16.5. The number of aliphatic hydroxyl groups excluding tert-OH is 1. The summed E-state index contributed by atoms with van der Waals surface area (Å²) in [5.74, 6) is 1.07. The lowest BCUT2D eigenvalue weighted by Gasteiger charge is -2.18. The summed E-state index contributed by atoms with van der Waals surface area (Å²) >= 11 is 0. The molecule has 0 saturated heterocycles. The van der Waals surface area contributed by atoms with E-state index >= 15 is 0 Å². The number of benzene rings is 1. The normalized spacial score (nSPS) is 17.1. The molecule has 0 bridgehead atoms. The van der Waals surface area contributed by atoms with Gasteiger partial charge in [0.05, 0.1) is 31.3 Å². The smallest absolute Gasteiger partial charge is 0.161 e. The third-order valence-corrected chi connectivity index (χ3v) is 3.51. The van der Waals surface area contributed by atoms with Crippen molar-refractivity contribution in [2.75, 3.05) is 13.2 Å². The van der Waals surface area contributed by atoms with Gasteiger partial charge in [-0.2, -0.15) is 5.26 Å². The zero-order valence-electron chi connectivity index (χ0n) is 12.0. The second-order valence-corrected chi connectivity index (χ2v) is 5.01. The van der Waals surface area contributed by atoms with Gasteiger partial charge in [-0.15, -0.1) is 0 Å². The molecule has 0 spiro atoms. The van der Waals surface area contributed by atoms with Crippen molar-refractivity contribution in [3.8, 4) is 17.6 Å². The first-order valence-electron chi connectivity index (χ1n) is 7.18. The van der Waals surface area contributed by atoms with Gasteiger partial charge in [0.15, 0.2) is 11.5 Å². The van der Waals surface area contributed by atoms with Crippen molar-refractivity contribution in [3.63, 3.8) is 0 Å². The van der Waals surface area contributed by atoms with Crippen LogP contribution in [0.4, 0.5) is 0 Å². The predicted molar refractivity (Wildman–Crippen MR) is 75.9 cm³/mol. The van der Waals surface area contributed by atoms with Crippen molar-refractivity contribution in [2.45, 2.75) is 38.7 Å². The molecule has 0 radical (unpaired) electrons. The Hall–Kier alpha value is -1.73. The van der Waals surface area contributed by atoms with Crippen molar-refractivity contribution in [1.29, 1.82) is 5.26 Å². The Balaban J connectivity index is 2.26. The van der Waals surface area contributed by atoms with Crippen LogP contribution in [0.2, 0.25) is 0 Å². The summed E-state index contributed by atoms with van der Waals surface area (Å²) < 4.78 is 11.1. The largest absolute Gasteiger partial charge is 0.490 e. The van der Waals surface area contributed by atoms with Gasteiger partial charge in [0.2, 0.25) is 0 Å². The Kier molecular flexibility index (Phi) is 4.86. The first-order chi connectivity index (χ1) is 9.71. The first kappa shape index (κ1) is 14.7. The maximum absolute atomic E-state index is 10.2. The maximum atomic E-state index is 10.2. The quantitative estimate of drug-likeness (QED) is 0.831. The molecule has 1 fully saturated rings. The SMILES string of the molecule is CCOc1ccc(C(C#N)C(O)C2CC2)cc1OCC. The van der Waals surface area contributed by atoms with Crippen LogP contribution < -0.4 is 9.47 Å². The van der Waals surface area contributed by atoms with Crippen molar-refractivity contribution >= 4 is 0 Å². The molecule has 0 heterocycles. The summed E-state index contributed by atoms with van der Waals surface area (Å²) in [4.78, 5) is 0. The zero-order chi connectivity index (χ0) is 14.5. The fourth-order valence-electron chi connectivity index (χ4n) is 2.32. The monoisotopic (exact) mass is 275 g/mol. The molecule has 4 heteroatoms. The predicted octanol–water partition coefficient (Wildman–Crippen LogP) is 2.86. The van der Waals surface area contributed by atoms with Gasteiger partial charge in [-0.25, -0.2) is 0 Å². The molecule has 2 unspecified atom stereocenters. The van der Waals surface area contributed by atoms with E-state index in [1.807, 2.05) is 32.0 Å². The van der Waals surface area contributed by atoms with E-state index in [9.17, 15) is 10.4 Å². The van der Waals surface area contributed by atoms with Crippen LogP contribution in [-0.4, -0.2) is 24.4 Å². The first-order valence-corrected chi connectivity index (χ1v) is 7.18. The molecule has 2 rings (SSSR count). The topological polar surface area (TPSA) is 62.5 Å². The molecule has 1 aliphatic carbocycles. The Labute approximate surface area is 119 Å². The van der Waals surface area contributed by atoms with Crippen molar-refractivity contribution < 1.29 is 14.6 Å². The van der Waals surface area contributed by atoms with E-state index in [-0.39, 0.29) is 5.92 Å². The van der Waals surface area contributed by atoms with Gasteiger partial charge in [-0.05, 0) is 50.3 Å². The van der Waals surface area contributed by atoms with E-state index in [1.54, 1.807) is 0 Å². The Morgan fingerprint density at radius 1 is 1.25 bits per heavy atom. The molecule has 1 saturated carbocycles. The Bertz CT molecular complexity index is 491. The molecule has 0 amide bonds. The third-order valence-electron chi connectivity index (χ3n) is 3.51. The Morgan fingerprint density at radius 2 is 1.90 bits per heavy atom. The summed E-state index contributed by atoms with van der Waals surface area (Å²) in [6, 6.07) is 7.68. The molecule has 0 aliphatic heterocycles. The highest BCUT2D eigenvalue weighted by Crippen LogP contribution is 2.40. The molecule has 2 atom stereocenters. The number of hydrogen-bond donors (Lipinski definition) is 1. The highest BCUT2D eigenvalue weighted by Gasteiger charge is 2.36. The van der Waals surface area contributed by atoms with E-state index in [4.69, 9.17) is 9.47 Å². The summed E-state index contributed by atoms with van der Waals surface area (Å²) in [7, 11) is 0. The molecule has 1 aromatic carbocycles. The molecule has 20 heavy (non-hydrogen) atoms. The van der Waals surface area contributed by atoms with E-state index in [1.165, 1.54) is 0 Å². The van der Waals surface area contributed by atoms with Crippen LogP contribution in [0.1, 0.15) is 38.2 Å². The number of ether oxygens (including phenoxy) is 2. The fraction of sp³-hybridized carbons (Fsp3) is 0.562. The number of hydrogen-bond acceptors (Lipinski definition) is 4. The number of nitrogens with zero attached hydrogens (tertiary/aromatic N) is 1. The average molecular weight is 275 g/mol. The minimum absolute atomic E-state index is 0.266. The molecule has 1 aromatic rings. The van der Waals surface area contributed by atoms with Crippen LogP contribution in [-0.2, 0) is 0 Å². The minimum Gasteiger partial charge on any atom is -0.490 e. The molecule has 4 nitrogen and oxygen atoms in total. The van der Waals surface area contributed by atoms with Crippen LogP contribution in [0.15, 0.2) is 18.2 Å². The minimum atomic E-state index is -0.590. The lowest BCUT2D eigenvalue weighted by Crippen LogP contribution is -2.19. The standard InChI is InChI=1S/C16H21NO3/c1-3-19-14-8-7-12(9-15(14)20-4-2)13(10-17)16(18)11-5-6-11/h7-9,11,13,16,18H,3-6H2,1-2H3. The van der Waals surface area contributed by atoms with Gasteiger partial charge in [-0.3, -0.25) is 0 Å². The molecule has 0 aromatic heterocycles. The summed E-state index contributed by atoms with van der Waals surface area (Å²) in [5, 5.41) is 19.5. The Morgan fingerprint density at radius 3 is 2.45 bits per heavy atom. The van der Waals surface area contributed by atoms with E-state index < -0.39 is 12.0 Å². The lowest BCUT2D eigenvalue weighted by atomic mass is 9.92. The maximum Gasteiger partial charge on any atom is 0.161 e. The second kappa shape index (κ2) is 6.62. The van der Waals surface area contributed by atoms with E-state index in [0.717, 1.165) is 18.4 Å². The molecular weight excluding hydrogens is 254 g/mol. The van der Waals surface area contributed by atoms with Gasteiger partial charge in [0, 0.05) is 0 Å². The van der Waals surface area contributed by atoms with Crippen LogP contribution in [0.5, 0.6) is 11.5 Å². The molecule has 1 N–H and O–H groups in total. The summed E-state index contributed by atoms with van der Waals surface area (Å²) in [6.45, 7) is 4.92. The van der Waals surface area contributed by atoms with Crippen molar-refractivity contribution in [1.82, 2.24) is 0 Å². The summed E-state index contributed by atoms with van der Waals surface area (Å²) in [6.07, 6.45) is 1.43. The van der Waals surface area contributed by atoms with Crippen LogP contribution in [0.3, 0.4) is 0 Å². The zero-order valence-corrected chi connectivity index (χ0v) is 12.0. The van der Waals surface area contributed by atoms with Crippen LogP contribution in [0, 0.1) is 17.2 Å². The third kappa shape index (κ3) is 3.23. The van der Waals surface area contributed by atoms with E-state index in [0.29, 0.717) is 24.7 Å². The van der Waals surface area contributed by atoms with Crippen LogP contribution in [0.25, 0.3) is 0 Å². The summed E-state index contributed by atoms with van der Waals surface area (Å²) in [5.41, 5.74) is 0.791. The average Bonchev–Trinajstić information content (AvgIpc) is 3.27. The molecule has 108 valence electrons. The van der Waals surface area contributed by atoms with Gasteiger partial charge in [-0.1, -0.05) is 6.07 Å². The number of rotatable bonds is 7. The highest BCUT2D eigenvalue weighted by molar-refractivity contribution is 5.45. The molecule has 1 aliphatic rings. The van der Waals surface area contributed by atoms with Crippen molar-refractivity contribution in [3.05, 3.63) is 23.8 Å². The molecular formula is C16H21NO3. The number of nitriles is 1. The van der Waals surface area contributed by atoms with Gasteiger partial charge in [0.1, 0.15) is 0 Å². The fourth-order valence-corrected chi connectivity index (χ4v) is 2.32. The van der Waals surface area contributed by atoms with Crippen molar-refractivity contribution in [2.24, 2.45) is 5.92 Å². The van der Waals surface area contributed by atoms with E-state index in [2.05, 4.69) is 6.07 Å². The van der Waals surface area contributed by atoms with Gasteiger partial charge in [0.25, 0.3) is 0 Å². The van der Waals surface area contributed by atoms with Crippen LogP contribution >= 0.6 is 0 Å². The lowest BCUT2D eigenvalue weighted by molar-refractivity contribution is 0.138.